The van der Waals surface area contributed by atoms with Crippen molar-refractivity contribution in [3.05, 3.63) is 53.3 Å². The number of amides is 2. The van der Waals surface area contributed by atoms with Gasteiger partial charge in [0.1, 0.15) is 17.6 Å². The number of nitrogens with one attached hydrogen (secondary N) is 2. The average molecular weight is 521 g/mol. The van der Waals surface area contributed by atoms with Gasteiger partial charge in [-0.3, -0.25) is 19.1 Å². The second-order valence-corrected chi connectivity index (χ2v) is 9.77. The maximum Gasteiger partial charge on any atom is 0.248 e. The molecular formula is C27H32N6O3S. The first kappa shape index (κ1) is 25.2. The van der Waals surface area contributed by atoms with E-state index in [0.29, 0.717) is 23.6 Å². The molecule has 2 aromatic carbocycles. The van der Waals surface area contributed by atoms with Gasteiger partial charge >= 0.3 is 0 Å². The summed E-state index contributed by atoms with van der Waals surface area (Å²) < 4.78 is 7.34. The fourth-order valence-electron chi connectivity index (χ4n) is 5.06. The largest absolute Gasteiger partial charge is 0.497 e. The summed E-state index contributed by atoms with van der Waals surface area (Å²) in [6.45, 7) is 5.53. The Morgan fingerprint density at radius 2 is 1.89 bits per heavy atom. The molecule has 0 aliphatic carbocycles. The standard InChI is InChI=1S/C27H32N6O3S/c1-36-20-9-7-19(8-10-20)32-17-15-31(16-18-32)14-4-13-28-24(34)12-11-23-26(35)30-25-21-5-2-3-6-22(21)29-27(37)33(23)25/h2-3,5-10,23H,4,11-18H2,1H3,(H,28,34)(H,30,35). The highest BCUT2D eigenvalue weighted by atomic mass is 32.1. The molecule has 2 aliphatic rings. The zero-order valence-corrected chi connectivity index (χ0v) is 21.8. The van der Waals surface area contributed by atoms with Gasteiger partial charge in [-0.15, -0.1) is 0 Å². The van der Waals surface area contributed by atoms with Crippen molar-refractivity contribution in [1.82, 2.24) is 19.8 Å². The van der Waals surface area contributed by atoms with Gasteiger partial charge in [0.2, 0.25) is 16.6 Å². The first-order chi connectivity index (χ1) is 18.0. The average Bonchev–Trinajstić information content (AvgIpc) is 3.27. The smallest absolute Gasteiger partial charge is 0.248 e. The number of anilines is 2. The molecule has 1 atom stereocenters. The Balaban J connectivity index is 1.04. The highest BCUT2D eigenvalue weighted by Gasteiger charge is 2.32. The Morgan fingerprint density at radius 3 is 2.65 bits per heavy atom. The third-order valence-corrected chi connectivity index (χ3v) is 7.39. The second-order valence-electron chi connectivity index (χ2n) is 9.40. The van der Waals surface area contributed by atoms with Crippen molar-refractivity contribution in [2.24, 2.45) is 0 Å². The topological polar surface area (TPSA) is 91.7 Å². The Bertz CT molecular complexity index is 1330. The number of methoxy groups -OCH3 is 1. The molecule has 3 heterocycles. The van der Waals surface area contributed by atoms with Crippen LogP contribution in [0, 0.1) is 4.77 Å². The van der Waals surface area contributed by atoms with E-state index in [1.54, 1.807) is 11.7 Å². The number of benzene rings is 2. The van der Waals surface area contributed by atoms with Gasteiger partial charge in [-0.25, -0.2) is 4.98 Å². The van der Waals surface area contributed by atoms with E-state index in [-0.39, 0.29) is 18.2 Å². The number of fused-ring (bicyclic) bond motifs is 3. The van der Waals surface area contributed by atoms with Crippen LogP contribution in [0.4, 0.5) is 11.5 Å². The van der Waals surface area contributed by atoms with Gasteiger partial charge < -0.3 is 20.3 Å². The third kappa shape index (κ3) is 5.60. The first-order valence-electron chi connectivity index (χ1n) is 12.7. The number of carbonyl (C=O) groups excluding carboxylic acids is 2. The van der Waals surface area contributed by atoms with Gasteiger partial charge in [0.05, 0.1) is 12.6 Å². The predicted octanol–water partition coefficient (Wildman–Crippen LogP) is 3.38. The molecular weight excluding hydrogens is 488 g/mol. The normalized spacial score (nSPS) is 17.5. The van der Waals surface area contributed by atoms with E-state index < -0.39 is 6.04 Å². The minimum atomic E-state index is -0.521. The molecule has 0 spiro atoms. The summed E-state index contributed by atoms with van der Waals surface area (Å²) in [5.41, 5.74) is 1.97. The molecule has 10 heteroatoms. The van der Waals surface area contributed by atoms with E-state index in [4.69, 9.17) is 17.0 Å². The van der Waals surface area contributed by atoms with Crippen LogP contribution >= 0.6 is 12.2 Å². The van der Waals surface area contributed by atoms with Crippen molar-refractivity contribution in [2.75, 3.05) is 56.6 Å². The quantitative estimate of drug-likeness (QED) is 0.330. The molecule has 37 heavy (non-hydrogen) atoms. The van der Waals surface area contributed by atoms with Crippen molar-refractivity contribution in [3.63, 3.8) is 0 Å². The number of rotatable bonds is 9. The van der Waals surface area contributed by atoms with Gasteiger partial charge in [0.25, 0.3) is 0 Å². The maximum absolute atomic E-state index is 12.7. The van der Waals surface area contributed by atoms with Crippen molar-refractivity contribution in [2.45, 2.75) is 25.3 Å². The number of hydrogen-bond donors (Lipinski definition) is 2. The number of ether oxygens (including phenoxy) is 1. The van der Waals surface area contributed by atoms with Gasteiger partial charge in [-0.2, -0.15) is 0 Å². The summed E-state index contributed by atoms with van der Waals surface area (Å²) in [5, 5.41) is 6.79. The highest BCUT2D eigenvalue weighted by Crippen LogP contribution is 2.33. The summed E-state index contributed by atoms with van der Waals surface area (Å²) in [6, 6.07) is 15.3. The molecule has 194 valence electrons. The lowest BCUT2D eigenvalue weighted by Crippen LogP contribution is -2.47. The minimum Gasteiger partial charge on any atom is -0.497 e. The van der Waals surface area contributed by atoms with E-state index in [9.17, 15) is 9.59 Å². The van der Waals surface area contributed by atoms with E-state index >= 15 is 0 Å². The molecule has 1 aromatic heterocycles. The summed E-state index contributed by atoms with van der Waals surface area (Å²) >= 11 is 5.46. The molecule has 2 amide bonds. The van der Waals surface area contributed by atoms with Crippen molar-refractivity contribution in [3.8, 4) is 5.75 Å². The molecule has 5 rings (SSSR count). The van der Waals surface area contributed by atoms with E-state index in [2.05, 4.69) is 37.6 Å². The van der Waals surface area contributed by atoms with Crippen molar-refractivity contribution < 1.29 is 14.3 Å². The van der Waals surface area contributed by atoms with Crippen LogP contribution in [0.15, 0.2) is 48.5 Å². The van der Waals surface area contributed by atoms with E-state index in [1.165, 1.54) is 5.69 Å². The Labute approximate surface area is 221 Å². The number of nitrogens with zero attached hydrogens (tertiary/aromatic N) is 4. The molecule has 0 saturated carbocycles. The molecule has 1 fully saturated rings. The fourth-order valence-corrected chi connectivity index (χ4v) is 5.37. The van der Waals surface area contributed by atoms with E-state index in [0.717, 1.165) is 55.8 Å². The maximum atomic E-state index is 12.7. The van der Waals surface area contributed by atoms with Gasteiger partial charge in [0, 0.05) is 50.2 Å². The molecule has 2 N–H and O–H groups in total. The van der Waals surface area contributed by atoms with Crippen LogP contribution in [0.5, 0.6) is 5.75 Å². The van der Waals surface area contributed by atoms with Crippen LogP contribution in [0.2, 0.25) is 0 Å². The predicted molar refractivity (Wildman–Crippen MR) is 147 cm³/mol. The molecule has 0 bridgehead atoms. The highest BCUT2D eigenvalue weighted by molar-refractivity contribution is 7.71. The van der Waals surface area contributed by atoms with Crippen LogP contribution in [-0.4, -0.2) is 72.6 Å². The summed E-state index contributed by atoms with van der Waals surface area (Å²) in [6.07, 6.45) is 1.53. The number of piperazine rings is 1. The third-order valence-electron chi connectivity index (χ3n) is 7.11. The number of hydrogen-bond acceptors (Lipinski definition) is 7. The Morgan fingerprint density at radius 1 is 1.14 bits per heavy atom. The van der Waals surface area contributed by atoms with Crippen molar-refractivity contribution >= 4 is 46.4 Å². The van der Waals surface area contributed by atoms with Gasteiger partial charge in [-0.05, 0) is 68.0 Å². The molecule has 3 aromatic rings. The minimum absolute atomic E-state index is 0.0501. The Hall–Kier alpha value is -3.50. The first-order valence-corrected chi connectivity index (χ1v) is 13.1. The molecule has 0 radical (unpaired) electrons. The summed E-state index contributed by atoms with van der Waals surface area (Å²) in [4.78, 5) is 34.4. The summed E-state index contributed by atoms with van der Waals surface area (Å²) in [7, 11) is 1.68. The monoisotopic (exact) mass is 520 g/mol. The lowest BCUT2D eigenvalue weighted by molar-refractivity contribution is -0.122. The molecule has 1 saturated heterocycles. The SMILES string of the molecule is COc1ccc(N2CCN(CCCNC(=O)CCC3C(=O)Nc4c5ccccc5nc(=S)n43)CC2)cc1. The number of aromatic nitrogens is 2. The Kier molecular flexibility index (Phi) is 7.66. The van der Waals surface area contributed by atoms with Gasteiger partial charge in [-0.1, -0.05) is 12.1 Å². The summed E-state index contributed by atoms with van der Waals surface area (Å²) in [5.74, 6) is 1.34. The molecule has 1 unspecified atom stereocenters. The van der Waals surface area contributed by atoms with E-state index in [1.807, 2.05) is 36.4 Å². The molecule has 9 nitrogen and oxygen atoms in total. The van der Waals surface area contributed by atoms with Crippen molar-refractivity contribution in [1.29, 1.82) is 0 Å². The van der Waals surface area contributed by atoms with Gasteiger partial charge in [0.15, 0.2) is 0 Å². The number of carbonyl (C=O) groups is 2. The fraction of sp³-hybridized carbons (Fsp3) is 0.407. The van der Waals surface area contributed by atoms with Crippen LogP contribution < -0.4 is 20.3 Å². The second kappa shape index (κ2) is 11.3. The molecule has 2 aliphatic heterocycles. The number of para-hydroxylation sites is 1. The van der Waals surface area contributed by atoms with Crippen LogP contribution in [-0.2, 0) is 9.59 Å². The van der Waals surface area contributed by atoms with Crippen LogP contribution in [0.3, 0.4) is 0 Å². The van der Waals surface area contributed by atoms with Crippen LogP contribution in [0.1, 0.15) is 25.3 Å². The zero-order valence-electron chi connectivity index (χ0n) is 21.0. The lowest BCUT2D eigenvalue weighted by atomic mass is 10.1. The van der Waals surface area contributed by atoms with Crippen LogP contribution in [0.25, 0.3) is 10.9 Å². The zero-order chi connectivity index (χ0) is 25.8. The lowest BCUT2D eigenvalue weighted by Gasteiger charge is -2.36.